The zero-order chi connectivity index (χ0) is 26.7. The predicted octanol–water partition coefficient (Wildman–Crippen LogP) is 4.34. The van der Waals surface area contributed by atoms with Crippen molar-refractivity contribution in [2.75, 3.05) is 13.2 Å². The Morgan fingerprint density at radius 1 is 0.686 bits per heavy atom. The summed E-state index contributed by atoms with van der Waals surface area (Å²) >= 11 is 0. The molecule has 0 saturated heterocycles. The first-order chi connectivity index (χ1) is 16.8. The SMILES string of the molecule is CCCCCCCCCCCCCCCCOC(=O)[C@@H](N)CC(=O)O.NCCCC[C@H](N)C(=O)O. The van der Waals surface area contributed by atoms with Gasteiger partial charge >= 0.3 is 17.9 Å². The third-order valence-corrected chi connectivity index (χ3v) is 5.73. The lowest BCUT2D eigenvalue weighted by atomic mass is 10.0. The van der Waals surface area contributed by atoms with E-state index in [1.54, 1.807) is 0 Å². The number of nitrogens with two attached hydrogens (primary N) is 3. The van der Waals surface area contributed by atoms with Crippen LogP contribution in [0.4, 0.5) is 0 Å². The van der Waals surface area contributed by atoms with E-state index >= 15 is 0 Å². The topological polar surface area (TPSA) is 179 Å². The lowest BCUT2D eigenvalue weighted by molar-refractivity contribution is -0.149. The molecule has 0 aromatic rings. The average Bonchev–Trinajstić information content (AvgIpc) is 2.81. The molecule has 0 aliphatic carbocycles. The number of esters is 1. The van der Waals surface area contributed by atoms with Gasteiger partial charge in [0.2, 0.25) is 0 Å². The maximum absolute atomic E-state index is 11.4. The van der Waals surface area contributed by atoms with Gasteiger partial charge in [0, 0.05) is 0 Å². The van der Waals surface area contributed by atoms with Crippen LogP contribution in [0, 0.1) is 0 Å². The molecular formula is C26H53N3O6. The molecule has 0 radical (unpaired) electrons. The Balaban J connectivity index is 0. The van der Waals surface area contributed by atoms with E-state index in [1.807, 2.05) is 0 Å². The molecule has 2 atom stereocenters. The van der Waals surface area contributed by atoms with Crippen LogP contribution in [0.5, 0.6) is 0 Å². The summed E-state index contributed by atoms with van der Waals surface area (Å²) in [6.07, 6.45) is 19.7. The average molecular weight is 504 g/mol. The van der Waals surface area contributed by atoms with Crippen molar-refractivity contribution >= 4 is 17.9 Å². The monoisotopic (exact) mass is 503 g/mol. The number of ether oxygens (including phenoxy) is 1. The molecule has 0 aliphatic heterocycles. The second-order valence-electron chi connectivity index (χ2n) is 9.20. The maximum atomic E-state index is 11.4. The minimum absolute atomic E-state index is 0.337. The van der Waals surface area contributed by atoms with Crippen molar-refractivity contribution < 1.29 is 29.3 Å². The molecule has 0 saturated carbocycles. The Kier molecular flexibility index (Phi) is 27.2. The minimum atomic E-state index is -1.08. The van der Waals surface area contributed by atoms with Crippen molar-refractivity contribution in [1.29, 1.82) is 0 Å². The van der Waals surface area contributed by atoms with Gasteiger partial charge in [-0.05, 0) is 25.8 Å². The molecule has 9 heteroatoms. The third-order valence-electron chi connectivity index (χ3n) is 5.73. The number of carboxylic acid groups (broad SMARTS) is 2. The van der Waals surface area contributed by atoms with Crippen molar-refractivity contribution in [2.24, 2.45) is 17.2 Å². The zero-order valence-electron chi connectivity index (χ0n) is 22.1. The van der Waals surface area contributed by atoms with Gasteiger partial charge < -0.3 is 32.2 Å². The number of hydrogen-bond acceptors (Lipinski definition) is 7. The second-order valence-corrected chi connectivity index (χ2v) is 9.20. The summed E-state index contributed by atoms with van der Waals surface area (Å²) in [6, 6.07) is -1.77. The Bertz CT molecular complexity index is 519. The van der Waals surface area contributed by atoms with Gasteiger partial charge in [-0.15, -0.1) is 0 Å². The molecule has 0 aromatic heterocycles. The Morgan fingerprint density at radius 2 is 1.14 bits per heavy atom. The molecule has 208 valence electrons. The smallest absolute Gasteiger partial charge is 0.323 e. The van der Waals surface area contributed by atoms with E-state index < -0.39 is 30.0 Å². The summed E-state index contributed by atoms with van der Waals surface area (Å²) in [5, 5.41) is 16.9. The van der Waals surface area contributed by atoms with E-state index in [0.717, 1.165) is 32.1 Å². The normalized spacial score (nSPS) is 12.3. The standard InChI is InChI=1S/C20H39NO4.C6H14N2O2/c1-2-3-4-5-6-7-8-9-10-11-12-13-14-15-16-25-20(24)18(21)17-19(22)23;7-4-2-1-3-5(8)6(9)10/h18H,2-17,21H2,1H3,(H,22,23);5H,1-4,7-8H2,(H,9,10)/t18-;5-/m00/s1. The second kappa shape index (κ2) is 26.9. The molecule has 9 nitrogen and oxygen atoms in total. The van der Waals surface area contributed by atoms with Crippen LogP contribution in [-0.2, 0) is 19.1 Å². The molecule has 0 fully saturated rings. The van der Waals surface area contributed by atoms with Crippen molar-refractivity contribution in [2.45, 2.75) is 135 Å². The van der Waals surface area contributed by atoms with Crippen molar-refractivity contribution in [1.82, 2.24) is 0 Å². The van der Waals surface area contributed by atoms with Crippen molar-refractivity contribution in [3.63, 3.8) is 0 Å². The van der Waals surface area contributed by atoms with Crippen LogP contribution in [0.3, 0.4) is 0 Å². The summed E-state index contributed by atoms with van der Waals surface area (Å²) in [6.45, 7) is 3.20. The van der Waals surface area contributed by atoms with Crippen LogP contribution < -0.4 is 17.2 Å². The van der Waals surface area contributed by atoms with Crippen LogP contribution in [0.1, 0.15) is 122 Å². The Morgan fingerprint density at radius 3 is 1.54 bits per heavy atom. The van der Waals surface area contributed by atoms with Gasteiger partial charge in [-0.1, -0.05) is 96.8 Å². The highest BCUT2D eigenvalue weighted by atomic mass is 16.5. The van der Waals surface area contributed by atoms with Crippen LogP contribution in [0.2, 0.25) is 0 Å². The van der Waals surface area contributed by atoms with Gasteiger partial charge in [-0.25, -0.2) is 0 Å². The number of hydrogen-bond donors (Lipinski definition) is 5. The molecule has 0 rings (SSSR count). The fraction of sp³-hybridized carbons (Fsp3) is 0.885. The molecule has 0 heterocycles. The highest BCUT2D eigenvalue weighted by Crippen LogP contribution is 2.13. The molecular weight excluding hydrogens is 450 g/mol. The molecule has 0 unspecified atom stereocenters. The summed E-state index contributed by atoms with van der Waals surface area (Å²) < 4.78 is 4.98. The van der Waals surface area contributed by atoms with Gasteiger partial charge in [0.05, 0.1) is 13.0 Å². The molecule has 0 aromatic carbocycles. The van der Waals surface area contributed by atoms with Gasteiger partial charge in [0.1, 0.15) is 12.1 Å². The van der Waals surface area contributed by atoms with Crippen LogP contribution in [0.15, 0.2) is 0 Å². The summed E-state index contributed by atoms with van der Waals surface area (Å²) in [4.78, 5) is 32.0. The van der Waals surface area contributed by atoms with Crippen LogP contribution in [-0.4, -0.2) is 53.4 Å². The van der Waals surface area contributed by atoms with Crippen LogP contribution >= 0.6 is 0 Å². The summed E-state index contributed by atoms with van der Waals surface area (Å²) in [5.41, 5.74) is 15.8. The maximum Gasteiger partial charge on any atom is 0.323 e. The van der Waals surface area contributed by atoms with E-state index in [0.29, 0.717) is 19.6 Å². The van der Waals surface area contributed by atoms with Gasteiger partial charge in [-0.2, -0.15) is 0 Å². The fourth-order valence-corrected chi connectivity index (χ4v) is 3.48. The lowest BCUT2D eigenvalue weighted by Crippen LogP contribution is -2.34. The molecule has 0 spiro atoms. The fourth-order valence-electron chi connectivity index (χ4n) is 3.48. The first kappa shape index (κ1) is 35.5. The lowest BCUT2D eigenvalue weighted by Gasteiger charge is -2.09. The zero-order valence-corrected chi connectivity index (χ0v) is 22.1. The molecule has 35 heavy (non-hydrogen) atoms. The first-order valence-corrected chi connectivity index (χ1v) is 13.6. The quantitative estimate of drug-likeness (QED) is 0.100. The molecule has 0 amide bonds. The summed E-state index contributed by atoms with van der Waals surface area (Å²) in [7, 11) is 0. The van der Waals surface area contributed by atoms with E-state index in [9.17, 15) is 14.4 Å². The largest absolute Gasteiger partial charge is 0.481 e. The van der Waals surface area contributed by atoms with E-state index in [-0.39, 0.29) is 6.42 Å². The van der Waals surface area contributed by atoms with Crippen molar-refractivity contribution in [3.05, 3.63) is 0 Å². The number of aliphatic carboxylic acids is 2. The van der Waals surface area contributed by atoms with Crippen LogP contribution in [0.25, 0.3) is 0 Å². The van der Waals surface area contributed by atoms with Gasteiger partial charge in [0.15, 0.2) is 0 Å². The number of rotatable bonds is 23. The first-order valence-electron chi connectivity index (χ1n) is 13.6. The number of carbonyl (C=O) groups is 3. The molecule has 0 aliphatic rings. The highest BCUT2D eigenvalue weighted by Gasteiger charge is 2.18. The predicted molar refractivity (Wildman–Crippen MR) is 140 cm³/mol. The highest BCUT2D eigenvalue weighted by molar-refractivity contribution is 5.81. The Hall–Kier alpha value is -1.71. The molecule has 8 N–H and O–H groups in total. The van der Waals surface area contributed by atoms with Gasteiger partial charge in [0.25, 0.3) is 0 Å². The van der Waals surface area contributed by atoms with Crippen molar-refractivity contribution in [3.8, 4) is 0 Å². The van der Waals surface area contributed by atoms with Gasteiger partial charge in [-0.3, -0.25) is 14.4 Å². The molecule has 0 bridgehead atoms. The van der Waals surface area contributed by atoms with E-state index in [2.05, 4.69) is 6.92 Å². The van der Waals surface area contributed by atoms with E-state index in [4.69, 9.17) is 32.2 Å². The Labute approximate surface area is 212 Å². The number of carboxylic acids is 2. The van der Waals surface area contributed by atoms with E-state index in [1.165, 1.54) is 70.6 Å². The summed E-state index contributed by atoms with van der Waals surface area (Å²) in [5.74, 6) is -2.63. The number of carbonyl (C=O) groups excluding carboxylic acids is 1. The minimum Gasteiger partial charge on any atom is -0.481 e. The third kappa shape index (κ3) is 28.4. The number of unbranched alkanes of at least 4 members (excludes halogenated alkanes) is 14.